The van der Waals surface area contributed by atoms with Crippen LogP contribution in [-0.4, -0.2) is 21.2 Å². The topological polar surface area (TPSA) is 110 Å². The number of carbonyl (C=O) groups excluding carboxylic acids is 1. The van der Waals surface area contributed by atoms with Crippen LogP contribution in [0, 0.1) is 15.9 Å². The van der Waals surface area contributed by atoms with Gasteiger partial charge in [-0.15, -0.1) is 10.2 Å². The number of aromatic nitrogens is 2. The quantitative estimate of drug-likeness (QED) is 0.542. The van der Waals surface area contributed by atoms with Gasteiger partial charge >= 0.3 is 6.03 Å². The molecule has 0 spiro atoms. The molecule has 1 aromatic heterocycles. The van der Waals surface area contributed by atoms with E-state index in [0.717, 1.165) is 11.3 Å². The maximum Gasteiger partial charge on any atom is 0.325 e. The zero-order chi connectivity index (χ0) is 17.8. The lowest BCUT2D eigenvalue weighted by molar-refractivity contribution is -0.384. The molecule has 2 N–H and O–H groups in total. The lowest BCUT2D eigenvalue weighted by Crippen LogP contribution is -2.19. The number of nitrogens with one attached hydrogen (secondary N) is 2. The zero-order valence-corrected chi connectivity index (χ0v) is 13.3. The molecule has 0 saturated carbocycles. The second-order valence-electron chi connectivity index (χ2n) is 4.80. The van der Waals surface area contributed by atoms with E-state index in [0.29, 0.717) is 16.3 Å². The Hall–Kier alpha value is -3.40. The minimum atomic E-state index is -0.544. The van der Waals surface area contributed by atoms with E-state index in [1.807, 2.05) is 0 Å². The summed E-state index contributed by atoms with van der Waals surface area (Å²) >= 11 is 1.12. The fourth-order valence-corrected chi connectivity index (χ4v) is 2.65. The third-order valence-corrected chi connectivity index (χ3v) is 3.96. The minimum absolute atomic E-state index is 0.0229. The molecule has 0 aliphatic carbocycles. The van der Waals surface area contributed by atoms with E-state index in [9.17, 15) is 19.3 Å². The van der Waals surface area contributed by atoms with Crippen molar-refractivity contribution < 1.29 is 14.1 Å². The highest BCUT2D eigenvalue weighted by Crippen LogP contribution is 2.27. The number of non-ortho nitro benzene ring substituents is 1. The smallest absolute Gasteiger partial charge is 0.308 e. The Kier molecular flexibility index (Phi) is 4.61. The molecule has 0 radical (unpaired) electrons. The highest BCUT2D eigenvalue weighted by molar-refractivity contribution is 7.18. The van der Waals surface area contributed by atoms with Gasteiger partial charge in [-0.05, 0) is 36.4 Å². The minimum Gasteiger partial charge on any atom is -0.308 e. The SMILES string of the molecule is O=C(Nc1ccc(F)cc1)Nc1nnc(-c2ccc([N+](=O)[O-])cc2)s1. The average molecular weight is 359 g/mol. The molecule has 8 nitrogen and oxygen atoms in total. The summed E-state index contributed by atoms with van der Waals surface area (Å²) in [5.74, 6) is -0.400. The van der Waals surface area contributed by atoms with Crippen LogP contribution in [0.3, 0.4) is 0 Å². The maximum atomic E-state index is 12.8. The molecule has 2 amide bonds. The molecule has 0 aliphatic rings. The first-order chi connectivity index (χ1) is 12.0. The van der Waals surface area contributed by atoms with Crippen molar-refractivity contribution in [3.63, 3.8) is 0 Å². The Bertz CT molecular complexity index is 912. The van der Waals surface area contributed by atoms with Crippen molar-refractivity contribution >= 4 is 33.9 Å². The van der Waals surface area contributed by atoms with Gasteiger partial charge in [-0.25, -0.2) is 9.18 Å². The third kappa shape index (κ3) is 4.12. The van der Waals surface area contributed by atoms with Crippen molar-refractivity contribution in [1.29, 1.82) is 0 Å². The summed E-state index contributed by atoms with van der Waals surface area (Å²) in [5, 5.41) is 24.3. The van der Waals surface area contributed by atoms with Gasteiger partial charge in [0.1, 0.15) is 10.8 Å². The van der Waals surface area contributed by atoms with Gasteiger partial charge in [-0.3, -0.25) is 15.4 Å². The summed E-state index contributed by atoms with van der Waals surface area (Å²) in [6.45, 7) is 0. The highest BCUT2D eigenvalue weighted by Gasteiger charge is 2.11. The molecule has 0 saturated heterocycles. The summed E-state index contributed by atoms with van der Waals surface area (Å²) < 4.78 is 12.8. The van der Waals surface area contributed by atoms with Gasteiger partial charge in [0.2, 0.25) is 5.13 Å². The van der Waals surface area contributed by atoms with Gasteiger partial charge in [-0.1, -0.05) is 11.3 Å². The van der Waals surface area contributed by atoms with E-state index in [-0.39, 0.29) is 10.8 Å². The third-order valence-electron chi connectivity index (χ3n) is 3.07. The number of amides is 2. The van der Waals surface area contributed by atoms with E-state index in [1.165, 1.54) is 36.4 Å². The van der Waals surface area contributed by atoms with Crippen LogP contribution in [0.4, 0.5) is 25.7 Å². The summed E-state index contributed by atoms with van der Waals surface area (Å²) in [6, 6.07) is 10.6. The molecule has 0 unspecified atom stereocenters. The van der Waals surface area contributed by atoms with Crippen molar-refractivity contribution in [2.45, 2.75) is 0 Å². The van der Waals surface area contributed by atoms with Crippen LogP contribution >= 0.6 is 11.3 Å². The number of hydrogen-bond acceptors (Lipinski definition) is 6. The molecule has 0 fully saturated rings. The molecule has 0 atom stereocenters. The molecule has 25 heavy (non-hydrogen) atoms. The Morgan fingerprint density at radius 1 is 1.04 bits per heavy atom. The van der Waals surface area contributed by atoms with E-state index in [2.05, 4.69) is 20.8 Å². The van der Waals surface area contributed by atoms with Gasteiger partial charge in [0, 0.05) is 23.4 Å². The monoisotopic (exact) mass is 359 g/mol. The first-order valence-electron chi connectivity index (χ1n) is 6.93. The molecule has 0 aliphatic heterocycles. The van der Waals surface area contributed by atoms with Gasteiger partial charge in [0.25, 0.3) is 5.69 Å². The summed E-state index contributed by atoms with van der Waals surface area (Å²) in [4.78, 5) is 22.0. The molecular formula is C15H10FN5O3S. The second-order valence-corrected chi connectivity index (χ2v) is 5.78. The molecule has 126 valence electrons. The number of nitro groups is 1. The number of anilines is 2. The largest absolute Gasteiger partial charge is 0.325 e. The highest BCUT2D eigenvalue weighted by atomic mass is 32.1. The second kappa shape index (κ2) is 7.01. The molecule has 0 bridgehead atoms. The van der Waals surface area contributed by atoms with Crippen LogP contribution in [-0.2, 0) is 0 Å². The average Bonchev–Trinajstić information content (AvgIpc) is 3.05. The van der Waals surface area contributed by atoms with Gasteiger partial charge in [0.05, 0.1) is 4.92 Å². The zero-order valence-electron chi connectivity index (χ0n) is 12.5. The fourth-order valence-electron chi connectivity index (χ4n) is 1.91. The number of hydrogen-bond donors (Lipinski definition) is 2. The van der Waals surface area contributed by atoms with Crippen LogP contribution in [0.25, 0.3) is 10.6 Å². The molecule has 2 aromatic carbocycles. The van der Waals surface area contributed by atoms with E-state index < -0.39 is 16.8 Å². The number of rotatable bonds is 4. The van der Waals surface area contributed by atoms with Gasteiger partial charge in [-0.2, -0.15) is 0 Å². The standard InChI is InChI=1S/C15H10FN5O3S/c16-10-3-5-11(6-4-10)17-14(22)18-15-20-19-13(25-15)9-1-7-12(8-2-9)21(23)24/h1-8H,(H2,17,18,20,22). The number of carbonyl (C=O) groups is 1. The van der Waals surface area contributed by atoms with Crippen molar-refractivity contribution in [3.8, 4) is 10.6 Å². The first kappa shape index (κ1) is 16.5. The number of halogens is 1. The lowest BCUT2D eigenvalue weighted by atomic mass is 10.2. The molecule has 1 heterocycles. The van der Waals surface area contributed by atoms with Crippen LogP contribution < -0.4 is 10.6 Å². The number of urea groups is 1. The van der Waals surface area contributed by atoms with E-state index >= 15 is 0 Å². The molecule has 3 aromatic rings. The van der Waals surface area contributed by atoms with Crippen LogP contribution in [0.15, 0.2) is 48.5 Å². The van der Waals surface area contributed by atoms with Crippen LogP contribution in [0.2, 0.25) is 0 Å². The first-order valence-corrected chi connectivity index (χ1v) is 7.75. The molecule has 10 heteroatoms. The Balaban J connectivity index is 1.65. The number of nitrogens with zero attached hydrogens (tertiary/aromatic N) is 3. The Labute approximate surface area is 144 Å². The summed E-state index contributed by atoms with van der Waals surface area (Å²) in [6.07, 6.45) is 0. The van der Waals surface area contributed by atoms with Gasteiger partial charge in [0.15, 0.2) is 0 Å². The molecular weight excluding hydrogens is 349 g/mol. The Morgan fingerprint density at radius 3 is 2.36 bits per heavy atom. The Morgan fingerprint density at radius 2 is 1.72 bits per heavy atom. The van der Waals surface area contributed by atoms with Crippen molar-refractivity contribution in [3.05, 3.63) is 64.5 Å². The van der Waals surface area contributed by atoms with Crippen LogP contribution in [0.1, 0.15) is 0 Å². The van der Waals surface area contributed by atoms with Crippen molar-refractivity contribution in [2.24, 2.45) is 0 Å². The maximum absolute atomic E-state index is 12.8. The summed E-state index contributed by atoms with van der Waals surface area (Å²) in [7, 11) is 0. The van der Waals surface area contributed by atoms with E-state index in [4.69, 9.17) is 0 Å². The normalized spacial score (nSPS) is 10.3. The number of benzene rings is 2. The lowest BCUT2D eigenvalue weighted by Gasteiger charge is -2.04. The predicted molar refractivity (Wildman–Crippen MR) is 91.0 cm³/mol. The van der Waals surface area contributed by atoms with E-state index in [1.54, 1.807) is 12.1 Å². The predicted octanol–water partition coefficient (Wildman–Crippen LogP) is 3.90. The number of nitro benzene ring substituents is 1. The van der Waals surface area contributed by atoms with Crippen molar-refractivity contribution in [2.75, 3.05) is 10.6 Å². The van der Waals surface area contributed by atoms with Crippen molar-refractivity contribution in [1.82, 2.24) is 10.2 Å². The van der Waals surface area contributed by atoms with Crippen LogP contribution in [0.5, 0.6) is 0 Å². The summed E-state index contributed by atoms with van der Waals surface area (Å²) in [5.41, 5.74) is 1.05. The molecule has 3 rings (SSSR count). The van der Waals surface area contributed by atoms with Gasteiger partial charge < -0.3 is 5.32 Å². The fraction of sp³-hybridized carbons (Fsp3) is 0.